The Labute approximate surface area is 110 Å². The number of carboxylic acid groups (broad SMARTS) is 1. The van der Waals surface area contributed by atoms with Gasteiger partial charge in [0, 0.05) is 23.2 Å². The van der Waals surface area contributed by atoms with E-state index in [1.165, 1.54) is 0 Å². The number of benzene rings is 1. The molecule has 0 saturated heterocycles. The smallest absolute Gasteiger partial charge is 0.328 e. The molecule has 1 aromatic carbocycles. The van der Waals surface area contributed by atoms with Crippen molar-refractivity contribution in [3.8, 4) is 0 Å². The summed E-state index contributed by atoms with van der Waals surface area (Å²) in [6.45, 7) is 1.85. The molecule has 1 aromatic rings. The topological polar surface area (TPSA) is 66.4 Å². The van der Waals surface area contributed by atoms with Crippen molar-refractivity contribution < 1.29 is 14.7 Å². The summed E-state index contributed by atoms with van der Waals surface area (Å²) in [6.07, 6.45) is 2.47. The number of carbonyl (C=O) groups is 2. The van der Waals surface area contributed by atoms with Crippen LogP contribution in [0.2, 0.25) is 5.02 Å². The highest BCUT2D eigenvalue weighted by molar-refractivity contribution is 6.30. The molecule has 0 spiro atoms. The largest absolute Gasteiger partial charge is 0.478 e. The summed E-state index contributed by atoms with van der Waals surface area (Å²) in [5.41, 5.74) is 1.05. The van der Waals surface area contributed by atoms with Crippen LogP contribution in [0.5, 0.6) is 0 Å². The van der Waals surface area contributed by atoms with Crippen LogP contribution in [0.3, 0.4) is 0 Å². The Morgan fingerprint density at radius 2 is 1.94 bits per heavy atom. The van der Waals surface area contributed by atoms with Gasteiger partial charge in [0.15, 0.2) is 0 Å². The highest BCUT2D eigenvalue weighted by Gasteiger charge is 2.06. The number of hydrogen-bond acceptors (Lipinski definition) is 2. The SMILES string of the molecule is CC(Cc1ccc(Cl)cc1)NC(=O)/C=C/C(=O)O. The number of aliphatic carboxylic acids is 1. The Hall–Kier alpha value is -1.81. The third-order valence-electron chi connectivity index (χ3n) is 2.22. The minimum atomic E-state index is -1.14. The van der Waals surface area contributed by atoms with Crippen molar-refractivity contribution in [3.05, 3.63) is 47.0 Å². The molecular weight excluding hydrogens is 254 g/mol. The van der Waals surface area contributed by atoms with Crippen LogP contribution in [0.15, 0.2) is 36.4 Å². The van der Waals surface area contributed by atoms with Gasteiger partial charge < -0.3 is 10.4 Å². The molecule has 0 aliphatic heterocycles. The van der Waals surface area contributed by atoms with E-state index in [2.05, 4.69) is 5.32 Å². The van der Waals surface area contributed by atoms with Crippen molar-refractivity contribution >= 4 is 23.5 Å². The Kier molecular flexibility index (Phi) is 5.39. The van der Waals surface area contributed by atoms with Crippen LogP contribution in [-0.4, -0.2) is 23.0 Å². The van der Waals surface area contributed by atoms with E-state index in [0.717, 1.165) is 17.7 Å². The summed E-state index contributed by atoms with van der Waals surface area (Å²) in [6, 6.07) is 7.26. The number of carbonyl (C=O) groups excluding carboxylic acids is 1. The average molecular weight is 268 g/mol. The first-order chi connectivity index (χ1) is 8.47. The van der Waals surface area contributed by atoms with E-state index in [4.69, 9.17) is 16.7 Å². The van der Waals surface area contributed by atoms with E-state index in [9.17, 15) is 9.59 Å². The van der Waals surface area contributed by atoms with Crippen molar-refractivity contribution in [3.63, 3.8) is 0 Å². The van der Waals surface area contributed by atoms with E-state index >= 15 is 0 Å². The van der Waals surface area contributed by atoms with Gasteiger partial charge in [-0.25, -0.2) is 4.79 Å². The Morgan fingerprint density at radius 3 is 2.50 bits per heavy atom. The van der Waals surface area contributed by atoms with Crippen molar-refractivity contribution in [1.29, 1.82) is 0 Å². The predicted octanol–water partition coefficient (Wildman–Crippen LogP) is 2.03. The average Bonchev–Trinajstić information content (AvgIpc) is 2.29. The van der Waals surface area contributed by atoms with Crippen LogP contribution in [0.25, 0.3) is 0 Å². The molecule has 1 rings (SSSR count). The van der Waals surface area contributed by atoms with Gasteiger partial charge in [0.25, 0.3) is 0 Å². The quantitative estimate of drug-likeness (QED) is 0.802. The van der Waals surface area contributed by atoms with Gasteiger partial charge in [-0.05, 0) is 31.0 Å². The summed E-state index contributed by atoms with van der Waals surface area (Å²) in [5.74, 6) is -1.56. The lowest BCUT2D eigenvalue weighted by molar-refractivity contribution is -0.131. The van der Waals surface area contributed by atoms with E-state index in [1.54, 1.807) is 12.1 Å². The first-order valence-corrected chi connectivity index (χ1v) is 5.81. The van der Waals surface area contributed by atoms with Crippen molar-refractivity contribution in [2.75, 3.05) is 0 Å². The first kappa shape index (κ1) is 14.3. The molecule has 0 radical (unpaired) electrons. The normalized spacial score (nSPS) is 12.3. The van der Waals surface area contributed by atoms with Gasteiger partial charge in [-0.15, -0.1) is 0 Å². The fraction of sp³-hybridized carbons (Fsp3) is 0.231. The molecule has 1 unspecified atom stereocenters. The van der Waals surface area contributed by atoms with Crippen molar-refractivity contribution in [2.24, 2.45) is 0 Å². The summed E-state index contributed by atoms with van der Waals surface area (Å²) in [4.78, 5) is 21.6. The molecule has 1 amide bonds. The predicted molar refractivity (Wildman–Crippen MR) is 69.5 cm³/mol. The maximum Gasteiger partial charge on any atom is 0.328 e. The third kappa shape index (κ3) is 5.50. The second kappa shape index (κ2) is 6.81. The molecule has 5 heteroatoms. The van der Waals surface area contributed by atoms with Crippen LogP contribution in [-0.2, 0) is 16.0 Å². The molecule has 4 nitrogen and oxygen atoms in total. The Bertz CT molecular complexity index is 454. The number of hydrogen-bond donors (Lipinski definition) is 2. The summed E-state index contributed by atoms with van der Waals surface area (Å²) in [5, 5.41) is 11.7. The highest BCUT2D eigenvalue weighted by atomic mass is 35.5. The van der Waals surface area contributed by atoms with Gasteiger partial charge in [-0.2, -0.15) is 0 Å². The number of amides is 1. The van der Waals surface area contributed by atoms with Crippen LogP contribution in [0.4, 0.5) is 0 Å². The zero-order valence-electron chi connectivity index (χ0n) is 9.89. The lowest BCUT2D eigenvalue weighted by Crippen LogP contribution is -2.32. The Morgan fingerprint density at radius 1 is 1.33 bits per heavy atom. The molecule has 1 atom stereocenters. The molecule has 0 fully saturated rings. The van der Waals surface area contributed by atoms with Gasteiger partial charge in [-0.1, -0.05) is 23.7 Å². The van der Waals surface area contributed by atoms with Gasteiger partial charge in [0.05, 0.1) is 0 Å². The highest BCUT2D eigenvalue weighted by Crippen LogP contribution is 2.10. The van der Waals surface area contributed by atoms with Crippen molar-refractivity contribution in [2.45, 2.75) is 19.4 Å². The number of halogens is 1. The fourth-order valence-electron chi connectivity index (χ4n) is 1.46. The third-order valence-corrected chi connectivity index (χ3v) is 2.47. The number of carboxylic acids is 1. The van der Waals surface area contributed by atoms with E-state index in [1.807, 2.05) is 19.1 Å². The van der Waals surface area contributed by atoms with Crippen molar-refractivity contribution in [1.82, 2.24) is 5.32 Å². The van der Waals surface area contributed by atoms with Crippen LogP contribution < -0.4 is 5.32 Å². The van der Waals surface area contributed by atoms with Crippen LogP contribution in [0, 0.1) is 0 Å². The second-order valence-corrected chi connectivity index (χ2v) is 4.35. The lowest BCUT2D eigenvalue weighted by atomic mass is 10.1. The zero-order valence-corrected chi connectivity index (χ0v) is 10.6. The summed E-state index contributed by atoms with van der Waals surface area (Å²) in [7, 11) is 0. The molecule has 0 saturated carbocycles. The zero-order chi connectivity index (χ0) is 13.5. The number of nitrogens with one attached hydrogen (secondary N) is 1. The molecule has 18 heavy (non-hydrogen) atoms. The molecule has 0 aliphatic rings. The minimum Gasteiger partial charge on any atom is -0.478 e. The molecule has 0 bridgehead atoms. The van der Waals surface area contributed by atoms with Crippen LogP contribution in [0.1, 0.15) is 12.5 Å². The maximum absolute atomic E-state index is 11.3. The molecular formula is C13H14ClNO3. The molecule has 0 aliphatic carbocycles. The molecule has 96 valence electrons. The standard InChI is InChI=1S/C13H14ClNO3/c1-9(15-12(16)6-7-13(17)18)8-10-2-4-11(14)5-3-10/h2-7,9H,8H2,1H3,(H,15,16)(H,17,18)/b7-6+. The van der Waals surface area contributed by atoms with E-state index < -0.39 is 11.9 Å². The lowest BCUT2D eigenvalue weighted by Gasteiger charge is -2.12. The summed E-state index contributed by atoms with van der Waals surface area (Å²) >= 11 is 5.77. The Balaban J connectivity index is 2.46. The summed E-state index contributed by atoms with van der Waals surface area (Å²) < 4.78 is 0. The van der Waals surface area contributed by atoms with Gasteiger partial charge in [0.1, 0.15) is 0 Å². The van der Waals surface area contributed by atoms with Gasteiger partial charge in [-0.3, -0.25) is 4.79 Å². The van der Waals surface area contributed by atoms with E-state index in [0.29, 0.717) is 11.4 Å². The monoisotopic (exact) mass is 267 g/mol. The van der Waals surface area contributed by atoms with Gasteiger partial charge in [0.2, 0.25) is 5.91 Å². The first-order valence-electron chi connectivity index (χ1n) is 5.43. The molecule has 2 N–H and O–H groups in total. The van der Waals surface area contributed by atoms with E-state index in [-0.39, 0.29) is 6.04 Å². The molecule has 0 heterocycles. The van der Waals surface area contributed by atoms with Crippen LogP contribution >= 0.6 is 11.6 Å². The number of rotatable bonds is 5. The minimum absolute atomic E-state index is 0.0860. The van der Waals surface area contributed by atoms with Gasteiger partial charge >= 0.3 is 5.97 Å². The fourth-order valence-corrected chi connectivity index (χ4v) is 1.59. The maximum atomic E-state index is 11.3. The second-order valence-electron chi connectivity index (χ2n) is 3.91. The molecule has 0 aromatic heterocycles.